The highest BCUT2D eigenvalue weighted by Gasteiger charge is 2.39. The summed E-state index contributed by atoms with van der Waals surface area (Å²) in [7, 11) is -3.36. The first-order valence-corrected chi connectivity index (χ1v) is 11.6. The molecule has 0 bridgehead atoms. The summed E-state index contributed by atoms with van der Waals surface area (Å²) >= 11 is 0. The van der Waals surface area contributed by atoms with Crippen LogP contribution < -0.4 is 10.0 Å². The normalized spacial score (nSPS) is 19.2. The molecule has 0 unspecified atom stereocenters. The number of nitrogens with zero attached hydrogens (tertiary/aromatic N) is 2. The lowest BCUT2D eigenvalue weighted by molar-refractivity contribution is -0.142. The first-order valence-electron chi connectivity index (χ1n) is 10.0. The van der Waals surface area contributed by atoms with Crippen LogP contribution in [0.2, 0.25) is 0 Å². The smallest absolute Gasteiger partial charge is 0.311 e. The van der Waals surface area contributed by atoms with Crippen LogP contribution in [0.4, 0.5) is 13.2 Å². The van der Waals surface area contributed by atoms with Gasteiger partial charge in [0.2, 0.25) is 10.0 Å². The second-order valence-electron chi connectivity index (χ2n) is 8.28. The first-order chi connectivity index (χ1) is 14.0. The molecule has 4 rings (SSSR count). The third-order valence-electron chi connectivity index (χ3n) is 5.77. The quantitative estimate of drug-likeness (QED) is 0.746. The third kappa shape index (κ3) is 4.13. The molecule has 10 heteroatoms. The van der Waals surface area contributed by atoms with Crippen molar-refractivity contribution in [2.24, 2.45) is 0 Å². The van der Waals surface area contributed by atoms with Crippen LogP contribution in [-0.2, 0) is 48.6 Å². The van der Waals surface area contributed by atoms with Gasteiger partial charge in [-0.3, -0.25) is 4.68 Å². The highest BCUT2D eigenvalue weighted by molar-refractivity contribution is 7.90. The van der Waals surface area contributed by atoms with E-state index in [1.54, 1.807) is 13.8 Å². The minimum Gasteiger partial charge on any atom is -0.311 e. The van der Waals surface area contributed by atoms with Gasteiger partial charge in [-0.2, -0.15) is 18.3 Å². The molecule has 1 aliphatic heterocycles. The van der Waals surface area contributed by atoms with Gasteiger partial charge in [0, 0.05) is 18.2 Å². The highest BCUT2D eigenvalue weighted by Crippen LogP contribution is 2.34. The molecule has 164 valence electrons. The number of rotatable bonds is 5. The fraction of sp³-hybridized carbons (Fsp3) is 0.550. The van der Waals surface area contributed by atoms with Crippen LogP contribution in [0.15, 0.2) is 18.2 Å². The van der Waals surface area contributed by atoms with Gasteiger partial charge in [0.1, 0.15) is 0 Å². The van der Waals surface area contributed by atoms with E-state index in [9.17, 15) is 21.6 Å². The van der Waals surface area contributed by atoms with Crippen molar-refractivity contribution in [2.75, 3.05) is 6.54 Å². The van der Waals surface area contributed by atoms with Crippen molar-refractivity contribution in [3.05, 3.63) is 51.8 Å². The average molecular weight is 443 g/mol. The molecule has 0 saturated heterocycles. The summed E-state index contributed by atoms with van der Waals surface area (Å²) in [5.41, 5.74) is 3.02. The number of aromatic nitrogens is 2. The number of halogens is 3. The summed E-state index contributed by atoms with van der Waals surface area (Å²) in [4.78, 5) is 0. The van der Waals surface area contributed by atoms with E-state index in [-0.39, 0.29) is 18.2 Å². The fourth-order valence-corrected chi connectivity index (χ4v) is 5.07. The molecule has 0 fully saturated rings. The minimum absolute atomic E-state index is 0.193. The monoisotopic (exact) mass is 442 g/mol. The SMILES string of the molecule is CC(C)S(=O)(=O)N[C@H]1Cc2ccc(Cn3nc(C(F)(F)F)c4c3CNCC4)cc2C1. The molecule has 2 aromatic rings. The largest absolute Gasteiger partial charge is 0.435 e. The summed E-state index contributed by atoms with van der Waals surface area (Å²) in [6, 6.07) is 5.58. The molecule has 0 spiro atoms. The second kappa shape index (κ2) is 7.65. The molecule has 0 radical (unpaired) electrons. The Labute approximate surface area is 173 Å². The van der Waals surface area contributed by atoms with Crippen LogP contribution in [0, 0.1) is 0 Å². The van der Waals surface area contributed by atoms with Crippen LogP contribution in [0.25, 0.3) is 0 Å². The van der Waals surface area contributed by atoms with E-state index in [4.69, 9.17) is 0 Å². The first kappa shape index (κ1) is 21.3. The van der Waals surface area contributed by atoms with Gasteiger partial charge in [0.25, 0.3) is 0 Å². The number of hydrogen-bond acceptors (Lipinski definition) is 4. The molecule has 30 heavy (non-hydrogen) atoms. The van der Waals surface area contributed by atoms with Crippen molar-refractivity contribution in [3.8, 4) is 0 Å². The minimum atomic E-state index is -4.47. The number of sulfonamides is 1. The molecule has 2 aliphatic rings. The van der Waals surface area contributed by atoms with E-state index < -0.39 is 27.1 Å². The van der Waals surface area contributed by atoms with Gasteiger partial charge in [0.15, 0.2) is 5.69 Å². The summed E-state index contributed by atoms with van der Waals surface area (Å²) in [6.07, 6.45) is -2.97. The Balaban J connectivity index is 1.55. The zero-order chi connectivity index (χ0) is 21.7. The van der Waals surface area contributed by atoms with E-state index in [0.717, 1.165) is 16.7 Å². The lowest BCUT2D eigenvalue weighted by atomic mass is 10.0. The molecule has 1 aromatic heterocycles. The van der Waals surface area contributed by atoms with Crippen LogP contribution in [0.3, 0.4) is 0 Å². The second-order valence-corrected chi connectivity index (χ2v) is 10.5. The Hall–Kier alpha value is -1.91. The van der Waals surface area contributed by atoms with Gasteiger partial charge in [-0.05, 0) is 56.3 Å². The predicted molar refractivity (Wildman–Crippen MR) is 107 cm³/mol. The summed E-state index contributed by atoms with van der Waals surface area (Å²) in [6.45, 7) is 4.39. The maximum atomic E-state index is 13.4. The Morgan fingerprint density at radius 3 is 2.70 bits per heavy atom. The van der Waals surface area contributed by atoms with E-state index >= 15 is 0 Å². The maximum absolute atomic E-state index is 13.4. The summed E-state index contributed by atoms with van der Waals surface area (Å²) in [5, 5.41) is 6.51. The Morgan fingerprint density at radius 2 is 2.00 bits per heavy atom. The Bertz CT molecular complexity index is 1060. The standard InChI is InChI=1S/C20H25F3N4O2S/c1-12(2)30(28,29)26-16-8-14-4-3-13(7-15(14)9-16)11-27-18-10-24-6-5-17(18)19(25-27)20(21,22)23/h3-4,7,12,16,24,26H,5-6,8-11H2,1-2H3/t16-/m0/s1. The summed E-state index contributed by atoms with van der Waals surface area (Å²) in [5.74, 6) is 0. The van der Waals surface area contributed by atoms with Gasteiger partial charge in [-0.25, -0.2) is 13.1 Å². The Kier molecular flexibility index (Phi) is 5.44. The lowest BCUT2D eigenvalue weighted by Crippen LogP contribution is -2.39. The predicted octanol–water partition coefficient (Wildman–Crippen LogP) is 2.39. The lowest BCUT2D eigenvalue weighted by Gasteiger charge is -2.16. The number of nitrogens with one attached hydrogen (secondary N) is 2. The topological polar surface area (TPSA) is 76.0 Å². The van der Waals surface area contributed by atoms with Crippen molar-refractivity contribution in [3.63, 3.8) is 0 Å². The van der Waals surface area contributed by atoms with Crippen LogP contribution in [0.1, 0.15) is 47.5 Å². The van der Waals surface area contributed by atoms with Gasteiger partial charge in [-0.1, -0.05) is 18.2 Å². The number of hydrogen-bond donors (Lipinski definition) is 2. The third-order valence-corrected chi connectivity index (χ3v) is 7.67. The van der Waals surface area contributed by atoms with Crippen molar-refractivity contribution in [1.82, 2.24) is 19.8 Å². The van der Waals surface area contributed by atoms with Crippen molar-refractivity contribution < 1.29 is 21.6 Å². The molecular weight excluding hydrogens is 417 g/mol. The van der Waals surface area contributed by atoms with E-state index in [1.165, 1.54) is 4.68 Å². The molecule has 2 N–H and O–H groups in total. The van der Waals surface area contributed by atoms with Crippen molar-refractivity contribution in [2.45, 2.75) is 63.7 Å². The van der Waals surface area contributed by atoms with Gasteiger partial charge in [0.05, 0.1) is 17.5 Å². The van der Waals surface area contributed by atoms with Crippen LogP contribution in [0.5, 0.6) is 0 Å². The van der Waals surface area contributed by atoms with Crippen molar-refractivity contribution >= 4 is 10.0 Å². The van der Waals surface area contributed by atoms with E-state index in [1.807, 2.05) is 18.2 Å². The highest BCUT2D eigenvalue weighted by atomic mass is 32.2. The molecule has 1 atom stereocenters. The molecule has 6 nitrogen and oxygen atoms in total. The van der Waals surface area contributed by atoms with E-state index in [0.29, 0.717) is 38.0 Å². The zero-order valence-electron chi connectivity index (χ0n) is 16.9. The van der Waals surface area contributed by atoms with Gasteiger partial charge >= 0.3 is 6.18 Å². The molecule has 2 heterocycles. The van der Waals surface area contributed by atoms with Crippen molar-refractivity contribution in [1.29, 1.82) is 0 Å². The van der Waals surface area contributed by atoms with Crippen LogP contribution in [-0.4, -0.2) is 36.0 Å². The summed E-state index contributed by atoms with van der Waals surface area (Å²) < 4.78 is 68.7. The zero-order valence-corrected chi connectivity index (χ0v) is 17.7. The Morgan fingerprint density at radius 1 is 1.27 bits per heavy atom. The fourth-order valence-electron chi connectivity index (χ4n) is 4.17. The van der Waals surface area contributed by atoms with Gasteiger partial charge in [-0.15, -0.1) is 0 Å². The average Bonchev–Trinajstić information content (AvgIpc) is 3.22. The van der Waals surface area contributed by atoms with Gasteiger partial charge < -0.3 is 5.32 Å². The molecule has 0 amide bonds. The number of benzene rings is 1. The molecule has 1 aromatic carbocycles. The molecule has 0 saturated carbocycles. The van der Waals surface area contributed by atoms with E-state index in [2.05, 4.69) is 15.1 Å². The molecule has 1 aliphatic carbocycles. The number of fused-ring (bicyclic) bond motifs is 2. The number of alkyl halides is 3. The van der Waals surface area contributed by atoms with Crippen LogP contribution >= 0.6 is 0 Å². The maximum Gasteiger partial charge on any atom is 0.435 e. The molecular formula is C20H25F3N4O2S.